The molecule has 2 N–H and O–H groups in total. The van der Waals surface area contributed by atoms with Crippen LogP contribution in [0.15, 0.2) is 36.7 Å². The first-order valence-electron chi connectivity index (χ1n) is 4.92. The molecule has 2 rings (SSSR count). The number of nitrogens with two attached hydrogens (primary N) is 1. The van der Waals surface area contributed by atoms with Gasteiger partial charge >= 0.3 is 6.18 Å². The van der Waals surface area contributed by atoms with Crippen LogP contribution in [0.4, 0.5) is 13.2 Å². The Hall–Kier alpha value is -1.82. The van der Waals surface area contributed by atoms with Crippen LogP contribution in [0, 0.1) is 0 Å². The first kappa shape index (κ1) is 11.7. The Kier molecular flexibility index (Phi) is 2.89. The number of aromatic nitrogens is 2. The summed E-state index contributed by atoms with van der Waals surface area (Å²) in [6, 6.07) is 5.55. The van der Waals surface area contributed by atoms with Crippen LogP contribution >= 0.6 is 0 Å². The second-order valence-corrected chi connectivity index (χ2v) is 3.50. The molecule has 0 amide bonds. The molecular weight excluding hydrogens is 231 g/mol. The van der Waals surface area contributed by atoms with E-state index in [-0.39, 0.29) is 12.2 Å². The number of hydrogen-bond donors (Lipinski definition) is 1. The summed E-state index contributed by atoms with van der Waals surface area (Å²) in [5, 5.41) is 3.80. The highest BCUT2D eigenvalue weighted by atomic mass is 19.4. The summed E-state index contributed by atoms with van der Waals surface area (Å²) in [6.45, 7) is 0.0719. The molecule has 90 valence electrons. The van der Waals surface area contributed by atoms with E-state index in [9.17, 15) is 13.2 Å². The molecule has 0 aliphatic carbocycles. The average Bonchev–Trinajstić information content (AvgIpc) is 2.80. The molecule has 2 aromatic rings. The summed E-state index contributed by atoms with van der Waals surface area (Å²) in [5.74, 6) is 0. The second-order valence-electron chi connectivity index (χ2n) is 3.50. The molecule has 0 aliphatic rings. The fourth-order valence-corrected chi connectivity index (χ4v) is 1.55. The molecule has 6 heteroatoms. The van der Waals surface area contributed by atoms with Gasteiger partial charge in [0.05, 0.1) is 11.3 Å². The van der Waals surface area contributed by atoms with E-state index in [1.165, 1.54) is 23.1 Å². The smallest absolute Gasteiger partial charge is 0.326 e. The first-order chi connectivity index (χ1) is 8.02. The Balaban J connectivity index is 2.59. The Labute approximate surface area is 95.7 Å². The fraction of sp³-hybridized carbons (Fsp3) is 0.182. The van der Waals surface area contributed by atoms with E-state index in [0.717, 1.165) is 6.07 Å². The van der Waals surface area contributed by atoms with Gasteiger partial charge in [-0.05, 0) is 23.8 Å². The Bertz CT molecular complexity index is 503. The van der Waals surface area contributed by atoms with Gasteiger partial charge < -0.3 is 5.73 Å². The van der Waals surface area contributed by atoms with Crippen LogP contribution in [-0.4, -0.2) is 9.78 Å². The minimum absolute atomic E-state index is 0.000278. The number of benzene rings is 1. The van der Waals surface area contributed by atoms with Crippen molar-refractivity contribution in [3.8, 4) is 5.69 Å². The lowest BCUT2D eigenvalue weighted by molar-refractivity contribution is -0.137. The zero-order valence-electron chi connectivity index (χ0n) is 8.78. The van der Waals surface area contributed by atoms with Gasteiger partial charge in [-0.15, -0.1) is 0 Å². The second kappa shape index (κ2) is 4.21. The molecular formula is C11H10F3N3. The molecule has 3 nitrogen and oxygen atoms in total. The van der Waals surface area contributed by atoms with E-state index in [1.807, 2.05) is 0 Å². The molecule has 1 aromatic carbocycles. The first-order valence-corrected chi connectivity index (χ1v) is 4.92. The largest absolute Gasteiger partial charge is 0.418 e. The fourth-order valence-electron chi connectivity index (χ4n) is 1.55. The van der Waals surface area contributed by atoms with Crippen LogP contribution < -0.4 is 5.73 Å². The van der Waals surface area contributed by atoms with E-state index in [1.54, 1.807) is 12.1 Å². The maximum Gasteiger partial charge on any atom is 0.418 e. The van der Waals surface area contributed by atoms with Crippen LogP contribution in [0.5, 0.6) is 0 Å². The molecule has 0 atom stereocenters. The van der Waals surface area contributed by atoms with Gasteiger partial charge in [-0.3, -0.25) is 0 Å². The van der Waals surface area contributed by atoms with Crippen LogP contribution in [0.3, 0.4) is 0 Å². The van der Waals surface area contributed by atoms with Crippen molar-refractivity contribution in [3.05, 3.63) is 47.8 Å². The molecule has 1 heterocycles. The van der Waals surface area contributed by atoms with Crippen molar-refractivity contribution in [1.29, 1.82) is 0 Å². The lowest BCUT2D eigenvalue weighted by Gasteiger charge is -2.14. The summed E-state index contributed by atoms with van der Waals surface area (Å²) >= 11 is 0. The Morgan fingerprint density at radius 1 is 1.29 bits per heavy atom. The van der Waals surface area contributed by atoms with Crippen molar-refractivity contribution in [2.45, 2.75) is 12.7 Å². The average molecular weight is 241 g/mol. The highest BCUT2D eigenvalue weighted by molar-refractivity contribution is 5.44. The summed E-state index contributed by atoms with van der Waals surface area (Å²) in [4.78, 5) is 0. The Morgan fingerprint density at radius 3 is 2.59 bits per heavy atom. The highest BCUT2D eigenvalue weighted by Gasteiger charge is 2.34. The molecule has 17 heavy (non-hydrogen) atoms. The van der Waals surface area contributed by atoms with Crippen LogP contribution in [0.2, 0.25) is 0 Å². The summed E-state index contributed by atoms with van der Waals surface area (Å²) < 4.78 is 39.8. The maximum atomic E-state index is 12.9. The number of halogens is 3. The summed E-state index contributed by atoms with van der Waals surface area (Å²) in [5.41, 5.74) is 5.05. The van der Waals surface area contributed by atoms with Crippen molar-refractivity contribution < 1.29 is 13.2 Å². The third-order valence-corrected chi connectivity index (χ3v) is 2.35. The van der Waals surface area contributed by atoms with Crippen LogP contribution in [0.25, 0.3) is 5.69 Å². The molecule has 1 aromatic heterocycles. The SMILES string of the molecule is NCc1ccc(-n2cccn2)c(C(F)(F)F)c1. The molecule has 0 spiro atoms. The highest BCUT2D eigenvalue weighted by Crippen LogP contribution is 2.34. The van der Waals surface area contributed by atoms with Gasteiger partial charge in [-0.2, -0.15) is 18.3 Å². The molecule has 0 fully saturated rings. The van der Waals surface area contributed by atoms with Crippen molar-refractivity contribution in [2.24, 2.45) is 5.73 Å². The monoisotopic (exact) mass is 241 g/mol. The summed E-state index contributed by atoms with van der Waals surface area (Å²) in [6.07, 6.45) is -1.53. The normalized spacial score (nSPS) is 11.8. The van der Waals surface area contributed by atoms with Gasteiger partial charge in [-0.1, -0.05) is 6.07 Å². The predicted molar refractivity (Wildman–Crippen MR) is 56.5 cm³/mol. The predicted octanol–water partition coefficient (Wildman–Crippen LogP) is 2.35. The molecule has 0 unspecified atom stereocenters. The number of nitrogens with zero attached hydrogens (tertiary/aromatic N) is 2. The molecule has 0 aliphatic heterocycles. The number of rotatable bonds is 2. The van der Waals surface area contributed by atoms with E-state index < -0.39 is 11.7 Å². The zero-order chi connectivity index (χ0) is 12.5. The zero-order valence-corrected chi connectivity index (χ0v) is 8.78. The number of hydrogen-bond acceptors (Lipinski definition) is 2. The third kappa shape index (κ3) is 2.31. The summed E-state index contributed by atoms with van der Waals surface area (Å²) in [7, 11) is 0. The lowest BCUT2D eigenvalue weighted by Crippen LogP contribution is -2.12. The number of alkyl halides is 3. The van der Waals surface area contributed by atoms with E-state index >= 15 is 0 Å². The van der Waals surface area contributed by atoms with Gasteiger partial charge in [-0.25, -0.2) is 4.68 Å². The van der Waals surface area contributed by atoms with E-state index in [4.69, 9.17) is 5.73 Å². The third-order valence-electron chi connectivity index (χ3n) is 2.35. The van der Waals surface area contributed by atoms with Crippen LogP contribution in [-0.2, 0) is 12.7 Å². The van der Waals surface area contributed by atoms with Crippen molar-refractivity contribution >= 4 is 0 Å². The topological polar surface area (TPSA) is 43.8 Å². The molecule has 0 bridgehead atoms. The van der Waals surface area contributed by atoms with Gasteiger partial charge in [0.1, 0.15) is 0 Å². The van der Waals surface area contributed by atoms with E-state index in [0.29, 0.717) is 5.56 Å². The quantitative estimate of drug-likeness (QED) is 0.877. The van der Waals surface area contributed by atoms with Crippen LogP contribution in [0.1, 0.15) is 11.1 Å². The van der Waals surface area contributed by atoms with Gasteiger partial charge in [0.15, 0.2) is 0 Å². The van der Waals surface area contributed by atoms with Gasteiger partial charge in [0.25, 0.3) is 0 Å². The van der Waals surface area contributed by atoms with E-state index in [2.05, 4.69) is 5.10 Å². The molecule has 0 saturated heterocycles. The van der Waals surface area contributed by atoms with Crippen molar-refractivity contribution in [2.75, 3.05) is 0 Å². The van der Waals surface area contributed by atoms with Gasteiger partial charge in [0, 0.05) is 18.9 Å². The van der Waals surface area contributed by atoms with Gasteiger partial charge in [0.2, 0.25) is 0 Å². The van der Waals surface area contributed by atoms with Crippen molar-refractivity contribution in [3.63, 3.8) is 0 Å². The Morgan fingerprint density at radius 2 is 2.06 bits per heavy atom. The lowest BCUT2D eigenvalue weighted by atomic mass is 10.1. The minimum atomic E-state index is -4.42. The maximum absolute atomic E-state index is 12.9. The standard InChI is InChI=1S/C11H10F3N3/c12-11(13,14)9-6-8(7-15)2-3-10(9)17-5-1-4-16-17/h1-6H,7,15H2. The minimum Gasteiger partial charge on any atom is -0.326 e. The van der Waals surface area contributed by atoms with Crippen molar-refractivity contribution in [1.82, 2.24) is 9.78 Å². The molecule has 0 saturated carbocycles. The molecule has 0 radical (unpaired) electrons.